The largest absolute Gasteiger partial charge is 0.478 e. The number of esters is 2. The summed E-state index contributed by atoms with van der Waals surface area (Å²) in [6, 6.07) is 5.17. The molecule has 0 heterocycles. The lowest BCUT2D eigenvalue weighted by molar-refractivity contribution is -0.134. The summed E-state index contributed by atoms with van der Waals surface area (Å²) in [7, 11) is 0. The van der Waals surface area contributed by atoms with E-state index in [-0.39, 0.29) is 11.1 Å². The molecule has 7 heteroatoms. The number of carboxylic acids is 2. The van der Waals surface area contributed by atoms with Gasteiger partial charge >= 0.3 is 23.9 Å². The normalized spacial score (nSPS) is 10.1. The number of aromatic carboxylic acids is 1. The van der Waals surface area contributed by atoms with Crippen LogP contribution >= 0.6 is 0 Å². The monoisotopic (exact) mass is 264 g/mol. The Balaban J connectivity index is 2.88. The smallest absolute Gasteiger partial charge is 0.346 e. The number of hydrogen-bond acceptors (Lipinski definition) is 5. The van der Waals surface area contributed by atoms with Crippen molar-refractivity contribution in [3.8, 4) is 0 Å². The molecule has 0 atom stereocenters. The molecular weight excluding hydrogens is 256 g/mol. The van der Waals surface area contributed by atoms with Crippen LogP contribution in [0.25, 0.3) is 0 Å². The van der Waals surface area contributed by atoms with Gasteiger partial charge in [0, 0.05) is 12.2 Å². The Labute approximate surface area is 106 Å². The second-order valence-electron chi connectivity index (χ2n) is 3.23. The van der Waals surface area contributed by atoms with Gasteiger partial charge in [-0.1, -0.05) is 12.1 Å². The topological polar surface area (TPSA) is 118 Å². The lowest BCUT2D eigenvalue weighted by atomic mass is 10.1. The summed E-state index contributed by atoms with van der Waals surface area (Å²) in [5, 5.41) is 17.1. The van der Waals surface area contributed by atoms with Crippen LogP contribution in [0.15, 0.2) is 36.4 Å². The molecule has 2 N–H and O–H groups in total. The number of aliphatic carboxylic acids is 1. The molecule has 0 aliphatic rings. The highest BCUT2D eigenvalue weighted by molar-refractivity contribution is 6.07. The Bertz CT molecular complexity index is 571. The van der Waals surface area contributed by atoms with Gasteiger partial charge in [0.25, 0.3) is 0 Å². The van der Waals surface area contributed by atoms with E-state index in [9.17, 15) is 19.2 Å². The minimum atomic E-state index is -1.38. The molecule has 0 aromatic heterocycles. The third-order valence-corrected chi connectivity index (χ3v) is 1.93. The number of hydrogen-bond donors (Lipinski definition) is 2. The lowest BCUT2D eigenvalue weighted by Crippen LogP contribution is -2.14. The molecule has 1 aromatic carbocycles. The summed E-state index contributed by atoms with van der Waals surface area (Å²) in [5.41, 5.74) is -0.616. The number of carbonyl (C=O) groups excluding carboxylic acids is 2. The van der Waals surface area contributed by atoms with E-state index >= 15 is 0 Å². The Morgan fingerprint density at radius 2 is 1.53 bits per heavy atom. The van der Waals surface area contributed by atoms with Gasteiger partial charge in [-0.25, -0.2) is 19.2 Å². The second kappa shape index (κ2) is 6.10. The van der Waals surface area contributed by atoms with Crippen LogP contribution in [-0.4, -0.2) is 34.1 Å². The third-order valence-electron chi connectivity index (χ3n) is 1.93. The molecule has 0 spiro atoms. The Hall–Kier alpha value is -2.96. The van der Waals surface area contributed by atoms with Crippen LogP contribution in [0.1, 0.15) is 20.7 Å². The quantitative estimate of drug-likeness (QED) is 0.467. The van der Waals surface area contributed by atoms with E-state index in [2.05, 4.69) is 4.74 Å². The molecule has 0 radical (unpaired) electrons. The highest BCUT2D eigenvalue weighted by Gasteiger charge is 2.18. The van der Waals surface area contributed by atoms with Gasteiger partial charge < -0.3 is 14.9 Å². The number of carbonyl (C=O) groups is 4. The average Bonchev–Trinajstić information content (AvgIpc) is 2.36. The average molecular weight is 264 g/mol. The molecule has 0 fully saturated rings. The number of ether oxygens (including phenoxy) is 1. The molecule has 1 rings (SSSR count). The molecule has 0 bridgehead atoms. The fourth-order valence-electron chi connectivity index (χ4n) is 1.17. The van der Waals surface area contributed by atoms with Crippen LogP contribution in [-0.2, 0) is 14.3 Å². The van der Waals surface area contributed by atoms with Crippen molar-refractivity contribution in [2.75, 3.05) is 0 Å². The molecule has 1 aromatic rings. The Morgan fingerprint density at radius 1 is 0.947 bits per heavy atom. The predicted octanol–water partition coefficient (Wildman–Crippen LogP) is 0.709. The van der Waals surface area contributed by atoms with E-state index in [1.807, 2.05) is 0 Å². The van der Waals surface area contributed by atoms with Gasteiger partial charge in [0.2, 0.25) is 0 Å². The van der Waals surface area contributed by atoms with E-state index in [1.165, 1.54) is 24.3 Å². The summed E-state index contributed by atoms with van der Waals surface area (Å²) in [4.78, 5) is 43.6. The van der Waals surface area contributed by atoms with Crippen molar-refractivity contribution in [2.24, 2.45) is 0 Å². The highest BCUT2D eigenvalue weighted by Crippen LogP contribution is 2.10. The minimum Gasteiger partial charge on any atom is -0.478 e. The number of benzene rings is 1. The molecular formula is C12H8O7. The van der Waals surface area contributed by atoms with E-state index in [0.717, 1.165) is 0 Å². The van der Waals surface area contributed by atoms with Gasteiger partial charge in [-0.3, -0.25) is 0 Å². The summed E-state index contributed by atoms with van der Waals surface area (Å²) < 4.78 is 4.29. The standard InChI is InChI=1S/C12H8O7/c13-9(14)5-6-10(15)19-12(18)8-4-2-1-3-7(8)11(16)17/h1-6H,(H,13,14)(H,16,17)/b6-5-. The maximum atomic E-state index is 11.5. The van der Waals surface area contributed by atoms with Gasteiger partial charge in [-0.15, -0.1) is 0 Å². The van der Waals surface area contributed by atoms with Crippen LogP contribution in [0.3, 0.4) is 0 Å². The van der Waals surface area contributed by atoms with E-state index in [4.69, 9.17) is 10.2 Å². The van der Waals surface area contributed by atoms with Crippen LogP contribution in [0, 0.1) is 0 Å². The number of rotatable bonds is 4. The van der Waals surface area contributed by atoms with Crippen molar-refractivity contribution in [3.63, 3.8) is 0 Å². The zero-order chi connectivity index (χ0) is 14.4. The Kier molecular flexibility index (Phi) is 4.53. The van der Waals surface area contributed by atoms with Crippen molar-refractivity contribution in [1.82, 2.24) is 0 Å². The second-order valence-corrected chi connectivity index (χ2v) is 3.23. The summed E-state index contributed by atoms with van der Waals surface area (Å²) in [6.45, 7) is 0. The van der Waals surface area contributed by atoms with Crippen LogP contribution in [0.5, 0.6) is 0 Å². The highest BCUT2D eigenvalue weighted by atomic mass is 16.6. The maximum Gasteiger partial charge on any atom is 0.346 e. The van der Waals surface area contributed by atoms with Gasteiger partial charge in [0.1, 0.15) is 0 Å². The summed E-state index contributed by atoms with van der Waals surface area (Å²) >= 11 is 0. The van der Waals surface area contributed by atoms with Gasteiger partial charge in [-0.05, 0) is 12.1 Å². The molecule has 0 aliphatic carbocycles. The summed E-state index contributed by atoms with van der Waals surface area (Å²) in [6.07, 6.45) is 1.04. The molecule has 98 valence electrons. The fourth-order valence-corrected chi connectivity index (χ4v) is 1.17. The van der Waals surface area contributed by atoms with Gasteiger partial charge in [0.05, 0.1) is 11.1 Å². The molecule has 7 nitrogen and oxygen atoms in total. The van der Waals surface area contributed by atoms with Crippen molar-refractivity contribution in [3.05, 3.63) is 47.5 Å². The third kappa shape index (κ3) is 4.08. The van der Waals surface area contributed by atoms with E-state index < -0.39 is 23.9 Å². The number of carboxylic acid groups (broad SMARTS) is 2. The van der Waals surface area contributed by atoms with Gasteiger partial charge in [-0.2, -0.15) is 0 Å². The fraction of sp³-hybridized carbons (Fsp3) is 0. The summed E-state index contributed by atoms with van der Waals surface area (Å²) in [5.74, 6) is -5.10. The van der Waals surface area contributed by atoms with Crippen LogP contribution in [0.2, 0.25) is 0 Å². The SMILES string of the molecule is O=C(O)/C=C\C(=O)OC(=O)c1ccccc1C(=O)O. The van der Waals surface area contributed by atoms with Crippen molar-refractivity contribution in [1.29, 1.82) is 0 Å². The lowest BCUT2D eigenvalue weighted by Gasteiger charge is -2.03. The maximum absolute atomic E-state index is 11.5. The van der Waals surface area contributed by atoms with E-state index in [0.29, 0.717) is 12.2 Å². The zero-order valence-corrected chi connectivity index (χ0v) is 9.40. The molecule has 0 amide bonds. The van der Waals surface area contributed by atoms with Crippen molar-refractivity contribution in [2.45, 2.75) is 0 Å². The van der Waals surface area contributed by atoms with Crippen LogP contribution in [0.4, 0.5) is 0 Å². The van der Waals surface area contributed by atoms with Crippen molar-refractivity contribution >= 4 is 23.9 Å². The predicted molar refractivity (Wildman–Crippen MR) is 60.6 cm³/mol. The zero-order valence-electron chi connectivity index (χ0n) is 9.40. The molecule has 19 heavy (non-hydrogen) atoms. The van der Waals surface area contributed by atoms with Crippen LogP contribution < -0.4 is 0 Å². The Morgan fingerprint density at radius 3 is 2.05 bits per heavy atom. The van der Waals surface area contributed by atoms with Crippen molar-refractivity contribution < 1.29 is 34.1 Å². The first-order chi connectivity index (χ1) is 8.91. The minimum absolute atomic E-state index is 0.299. The first-order valence-corrected chi connectivity index (χ1v) is 4.91. The molecule has 0 aliphatic heterocycles. The van der Waals surface area contributed by atoms with E-state index in [1.54, 1.807) is 0 Å². The molecule has 0 unspecified atom stereocenters. The first-order valence-electron chi connectivity index (χ1n) is 4.91. The molecule has 0 saturated heterocycles. The molecule has 0 saturated carbocycles. The first kappa shape index (κ1) is 14.1. The van der Waals surface area contributed by atoms with Gasteiger partial charge in [0.15, 0.2) is 0 Å².